The summed E-state index contributed by atoms with van der Waals surface area (Å²) >= 11 is 2.01. The lowest BCUT2D eigenvalue weighted by Crippen LogP contribution is -2.30. The van der Waals surface area contributed by atoms with Crippen LogP contribution in [0.15, 0.2) is 12.1 Å². The van der Waals surface area contributed by atoms with Gasteiger partial charge in [0, 0.05) is 11.8 Å². The normalized spacial score (nSPS) is 12.8. The molecule has 0 bridgehead atoms. The third-order valence-electron chi connectivity index (χ3n) is 3.22. The second kappa shape index (κ2) is 7.07. The van der Waals surface area contributed by atoms with Gasteiger partial charge in [-0.3, -0.25) is 0 Å². The van der Waals surface area contributed by atoms with Crippen LogP contribution in [0.4, 0.5) is 0 Å². The van der Waals surface area contributed by atoms with Gasteiger partial charge in [0.2, 0.25) is 0 Å². The van der Waals surface area contributed by atoms with Crippen molar-refractivity contribution in [3.05, 3.63) is 34.4 Å². The Labute approximate surface area is 110 Å². The first kappa shape index (κ1) is 14.6. The molecule has 1 aromatic rings. The highest BCUT2D eigenvalue weighted by Crippen LogP contribution is 2.19. The maximum atomic E-state index is 3.43. The lowest BCUT2D eigenvalue weighted by Gasteiger charge is -2.19. The summed E-state index contributed by atoms with van der Waals surface area (Å²) in [7, 11) is 2.07. The minimum Gasteiger partial charge on any atom is -0.316 e. The molecule has 0 radical (unpaired) electrons. The summed E-state index contributed by atoms with van der Waals surface area (Å²) in [5.41, 5.74) is 5.76. The molecule has 0 aliphatic rings. The lowest BCUT2D eigenvalue weighted by molar-refractivity contribution is 0.614. The van der Waals surface area contributed by atoms with Crippen molar-refractivity contribution in [3.63, 3.8) is 0 Å². The third-order valence-corrected chi connectivity index (χ3v) is 4.27. The molecule has 17 heavy (non-hydrogen) atoms. The molecular formula is C15H25NS. The average molecular weight is 251 g/mol. The Morgan fingerprint density at radius 1 is 1.18 bits per heavy atom. The number of benzene rings is 1. The van der Waals surface area contributed by atoms with Crippen molar-refractivity contribution < 1.29 is 0 Å². The molecule has 0 amide bonds. The van der Waals surface area contributed by atoms with Crippen LogP contribution in [0.1, 0.15) is 29.2 Å². The molecule has 1 rings (SSSR count). The smallest absolute Gasteiger partial charge is 0.0195 e. The van der Waals surface area contributed by atoms with Gasteiger partial charge in [-0.2, -0.15) is 11.8 Å². The van der Waals surface area contributed by atoms with Gasteiger partial charge < -0.3 is 5.32 Å². The molecule has 0 spiro atoms. The van der Waals surface area contributed by atoms with E-state index in [0.29, 0.717) is 6.04 Å². The summed E-state index contributed by atoms with van der Waals surface area (Å²) < 4.78 is 0. The fraction of sp³-hybridized carbons (Fsp3) is 0.600. The molecule has 0 heterocycles. The Kier molecular flexibility index (Phi) is 6.07. The van der Waals surface area contributed by atoms with Gasteiger partial charge in [0.1, 0.15) is 0 Å². The number of rotatable bonds is 6. The van der Waals surface area contributed by atoms with Crippen molar-refractivity contribution in [2.75, 3.05) is 18.6 Å². The monoisotopic (exact) mass is 251 g/mol. The van der Waals surface area contributed by atoms with Crippen LogP contribution in [-0.4, -0.2) is 24.6 Å². The number of likely N-dealkylation sites (N-methyl/N-ethyl adjacent to an activating group) is 1. The van der Waals surface area contributed by atoms with E-state index in [2.05, 4.69) is 52.2 Å². The van der Waals surface area contributed by atoms with Gasteiger partial charge in [0.15, 0.2) is 0 Å². The first-order valence-electron chi connectivity index (χ1n) is 6.40. The van der Waals surface area contributed by atoms with E-state index < -0.39 is 0 Å². The minimum absolute atomic E-state index is 0.583. The van der Waals surface area contributed by atoms with E-state index in [1.54, 1.807) is 0 Å². The van der Waals surface area contributed by atoms with Gasteiger partial charge in [-0.1, -0.05) is 24.6 Å². The first-order valence-corrected chi connectivity index (χ1v) is 7.55. The molecule has 0 saturated heterocycles. The standard InChI is InChI=1S/C15H25NS/c1-6-17-10-14(16-5)9-15-12(3)7-11(2)8-13(15)4/h7-8,14,16H,6,9-10H2,1-5H3. The summed E-state index contributed by atoms with van der Waals surface area (Å²) in [5.74, 6) is 2.39. The van der Waals surface area contributed by atoms with Crippen molar-refractivity contribution in [3.8, 4) is 0 Å². The fourth-order valence-corrected chi connectivity index (χ4v) is 3.09. The fourth-order valence-electron chi connectivity index (χ4n) is 2.28. The molecule has 0 aliphatic carbocycles. The molecule has 0 fully saturated rings. The first-order chi connectivity index (χ1) is 8.08. The quantitative estimate of drug-likeness (QED) is 0.830. The molecule has 1 nitrogen and oxygen atoms in total. The molecule has 0 aromatic heterocycles. The molecule has 96 valence electrons. The third kappa shape index (κ3) is 4.36. The summed E-state index contributed by atoms with van der Waals surface area (Å²) in [6.07, 6.45) is 1.14. The lowest BCUT2D eigenvalue weighted by atomic mass is 9.95. The molecule has 0 aliphatic heterocycles. The Balaban J connectivity index is 2.78. The van der Waals surface area contributed by atoms with E-state index in [1.807, 2.05) is 11.8 Å². The van der Waals surface area contributed by atoms with E-state index in [-0.39, 0.29) is 0 Å². The molecule has 2 heteroatoms. The van der Waals surface area contributed by atoms with Crippen LogP contribution in [0.3, 0.4) is 0 Å². The second-order valence-corrected chi connectivity index (χ2v) is 6.05. The van der Waals surface area contributed by atoms with Crippen LogP contribution < -0.4 is 5.32 Å². The SMILES string of the molecule is CCSCC(Cc1c(C)cc(C)cc1C)NC. The molecule has 1 N–H and O–H groups in total. The highest BCUT2D eigenvalue weighted by molar-refractivity contribution is 7.99. The molecule has 0 saturated carbocycles. The number of hydrogen-bond donors (Lipinski definition) is 1. The Bertz CT molecular complexity index is 337. The van der Waals surface area contributed by atoms with Crippen molar-refractivity contribution in [1.82, 2.24) is 5.32 Å². The Hall–Kier alpha value is -0.470. The van der Waals surface area contributed by atoms with Crippen molar-refractivity contribution in [2.24, 2.45) is 0 Å². The molecule has 1 atom stereocenters. The van der Waals surface area contributed by atoms with Crippen LogP contribution in [0.2, 0.25) is 0 Å². The van der Waals surface area contributed by atoms with Crippen LogP contribution in [-0.2, 0) is 6.42 Å². The number of nitrogens with one attached hydrogen (secondary N) is 1. The second-order valence-electron chi connectivity index (χ2n) is 4.73. The van der Waals surface area contributed by atoms with Crippen molar-refractivity contribution >= 4 is 11.8 Å². The van der Waals surface area contributed by atoms with Crippen molar-refractivity contribution in [1.29, 1.82) is 0 Å². The van der Waals surface area contributed by atoms with Gasteiger partial charge in [0.25, 0.3) is 0 Å². The van der Waals surface area contributed by atoms with E-state index in [9.17, 15) is 0 Å². The van der Waals surface area contributed by atoms with E-state index in [4.69, 9.17) is 0 Å². The average Bonchev–Trinajstić information content (AvgIpc) is 2.27. The van der Waals surface area contributed by atoms with E-state index in [1.165, 1.54) is 33.8 Å². The Morgan fingerprint density at radius 2 is 1.76 bits per heavy atom. The highest BCUT2D eigenvalue weighted by atomic mass is 32.2. The summed E-state index contributed by atoms with van der Waals surface area (Å²) in [6.45, 7) is 8.86. The zero-order valence-corrected chi connectivity index (χ0v) is 12.6. The predicted molar refractivity (Wildman–Crippen MR) is 80.2 cm³/mol. The maximum Gasteiger partial charge on any atom is 0.0195 e. The van der Waals surface area contributed by atoms with Gasteiger partial charge >= 0.3 is 0 Å². The van der Waals surface area contributed by atoms with E-state index in [0.717, 1.165) is 6.42 Å². The minimum atomic E-state index is 0.583. The van der Waals surface area contributed by atoms with Crippen LogP contribution in [0, 0.1) is 20.8 Å². The van der Waals surface area contributed by atoms with Crippen LogP contribution in [0.5, 0.6) is 0 Å². The highest BCUT2D eigenvalue weighted by Gasteiger charge is 2.11. The zero-order chi connectivity index (χ0) is 12.8. The number of hydrogen-bond acceptors (Lipinski definition) is 2. The maximum absolute atomic E-state index is 3.43. The topological polar surface area (TPSA) is 12.0 Å². The molecule has 1 aromatic carbocycles. The van der Waals surface area contributed by atoms with E-state index >= 15 is 0 Å². The predicted octanol–water partition coefficient (Wildman–Crippen LogP) is 3.50. The van der Waals surface area contributed by atoms with Gasteiger partial charge in [-0.05, 0) is 56.7 Å². The number of aryl methyl sites for hydroxylation is 3. The number of thioether (sulfide) groups is 1. The summed E-state index contributed by atoms with van der Waals surface area (Å²) in [6, 6.07) is 5.17. The van der Waals surface area contributed by atoms with Gasteiger partial charge in [-0.15, -0.1) is 0 Å². The van der Waals surface area contributed by atoms with Crippen molar-refractivity contribution in [2.45, 2.75) is 40.2 Å². The molecule has 1 unspecified atom stereocenters. The molecular weight excluding hydrogens is 226 g/mol. The summed E-state index contributed by atoms with van der Waals surface area (Å²) in [5, 5.41) is 3.43. The van der Waals surface area contributed by atoms with Crippen LogP contribution >= 0.6 is 11.8 Å². The zero-order valence-electron chi connectivity index (χ0n) is 11.8. The van der Waals surface area contributed by atoms with Gasteiger partial charge in [0.05, 0.1) is 0 Å². The summed E-state index contributed by atoms with van der Waals surface area (Å²) in [4.78, 5) is 0. The van der Waals surface area contributed by atoms with Gasteiger partial charge in [-0.25, -0.2) is 0 Å². The largest absolute Gasteiger partial charge is 0.316 e. The Morgan fingerprint density at radius 3 is 2.24 bits per heavy atom. The van der Waals surface area contributed by atoms with Crippen LogP contribution in [0.25, 0.3) is 0 Å².